The van der Waals surface area contributed by atoms with Gasteiger partial charge in [-0.25, -0.2) is 0 Å². The lowest BCUT2D eigenvalue weighted by Gasteiger charge is -2.58. The summed E-state index contributed by atoms with van der Waals surface area (Å²) in [6, 6.07) is 0. The van der Waals surface area contributed by atoms with Crippen LogP contribution in [0.4, 0.5) is 0 Å². The summed E-state index contributed by atoms with van der Waals surface area (Å²) in [7, 11) is 0. The zero-order chi connectivity index (χ0) is 19.6. The fraction of sp³-hybridized carbons (Fsp3) is 0.739. The van der Waals surface area contributed by atoms with Gasteiger partial charge < -0.3 is 0 Å². The number of allylic oxidation sites excluding steroid dienone is 1. The van der Waals surface area contributed by atoms with E-state index >= 15 is 0 Å². The van der Waals surface area contributed by atoms with Crippen LogP contribution in [0.25, 0.3) is 0 Å². The van der Waals surface area contributed by atoms with E-state index in [-0.39, 0.29) is 29.5 Å². The van der Waals surface area contributed by atoms with Crippen LogP contribution in [0.3, 0.4) is 0 Å². The molecule has 4 aliphatic carbocycles. The molecule has 2 unspecified atom stereocenters. The van der Waals surface area contributed by atoms with Crippen molar-refractivity contribution < 1.29 is 19.2 Å². The summed E-state index contributed by atoms with van der Waals surface area (Å²) in [6.07, 6.45) is 7.77. The number of carbonyl (C=O) groups excluding carboxylic acids is 4. The minimum Gasteiger partial charge on any atom is -0.299 e. The second-order valence-corrected chi connectivity index (χ2v) is 9.77. The van der Waals surface area contributed by atoms with Gasteiger partial charge in [-0.3, -0.25) is 19.2 Å². The molecule has 4 heteroatoms. The third-order valence-corrected chi connectivity index (χ3v) is 8.92. The Morgan fingerprint density at radius 3 is 2.63 bits per heavy atom. The van der Waals surface area contributed by atoms with Gasteiger partial charge in [0.25, 0.3) is 0 Å². The maximum Gasteiger partial charge on any atom is 0.199 e. The van der Waals surface area contributed by atoms with Gasteiger partial charge in [0, 0.05) is 29.1 Å². The largest absolute Gasteiger partial charge is 0.299 e. The number of ketones is 3. The molecular formula is C23H30O4. The standard InChI is InChI=1S/C23H30O4/c1-4-13-9-18-16-6-5-14-10-15(25)11-19(20(26)12-24)23(14,3)17(16)7-8-22(18,2)21(13)27/h10,12-13,16-19H,4-9,11H2,1-3H3/t13?,16-,17-,18+,19?,22+,23+/m1/s1. The van der Waals surface area contributed by atoms with Crippen LogP contribution in [0.15, 0.2) is 11.6 Å². The third kappa shape index (κ3) is 2.41. The fourth-order valence-corrected chi connectivity index (χ4v) is 7.41. The first-order valence-electron chi connectivity index (χ1n) is 10.5. The van der Waals surface area contributed by atoms with Crippen molar-refractivity contribution in [2.75, 3.05) is 0 Å². The van der Waals surface area contributed by atoms with Gasteiger partial charge in [0.05, 0.1) is 0 Å². The Hall–Kier alpha value is -1.58. The predicted molar refractivity (Wildman–Crippen MR) is 101 cm³/mol. The van der Waals surface area contributed by atoms with E-state index in [1.807, 2.05) is 0 Å². The Balaban J connectivity index is 1.75. The van der Waals surface area contributed by atoms with Crippen molar-refractivity contribution in [3.63, 3.8) is 0 Å². The first-order valence-corrected chi connectivity index (χ1v) is 10.5. The van der Waals surface area contributed by atoms with Crippen LogP contribution >= 0.6 is 0 Å². The Kier molecular flexibility index (Phi) is 4.32. The lowest BCUT2D eigenvalue weighted by Crippen LogP contribution is -2.55. The van der Waals surface area contributed by atoms with Gasteiger partial charge in [0.2, 0.25) is 0 Å². The number of hydrogen-bond acceptors (Lipinski definition) is 4. The summed E-state index contributed by atoms with van der Waals surface area (Å²) < 4.78 is 0. The van der Waals surface area contributed by atoms with E-state index in [0.29, 0.717) is 23.9 Å². The van der Waals surface area contributed by atoms with Crippen LogP contribution in [-0.4, -0.2) is 23.6 Å². The summed E-state index contributed by atoms with van der Waals surface area (Å²) in [4.78, 5) is 49.1. The van der Waals surface area contributed by atoms with Crippen LogP contribution in [0.1, 0.15) is 65.7 Å². The average molecular weight is 370 g/mol. The average Bonchev–Trinajstić information content (AvgIpc) is 2.92. The van der Waals surface area contributed by atoms with E-state index in [1.54, 1.807) is 6.08 Å². The maximum atomic E-state index is 13.0. The fourth-order valence-electron chi connectivity index (χ4n) is 7.41. The molecule has 27 heavy (non-hydrogen) atoms. The molecule has 0 amide bonds. The molecule has 0 aromatic rings. The third-order valence-electron chi connectivity index (χ3n) is 8.92. The van der Waals surface area contributed by atoms with Crippen molar-refractivity contribution in [2.45, 2.75) is 65.7 Å². The van der Waals surface area contributed by atoms with Crippen molar-refractivity contribution in [1.82, 2.24) is 0 Å². The highest BCUT2D eigenvalue weighted by Crippen LogP contribution is 2.66. The highest BCUT2D eigenvalue weighted by atomic mass is 16.2. The Labute approximate surface area is 161 Å². The predicted octanol–water partition coefficient (Wildman–Crippen LogP) is 3.72. The lowest BCUT2D eigenvalue weighted by molar-refractivity contribution is -0.144. The molecule has 0 N–H and O–H groups in total. The Morgan fingerprint density at radius 1 is 1.22 bits per heavy atom. The van der Waals surface area contributed by atoms with Gasteiger partial charge in [0.1, 0.15) is 5.78 Å². The van der Waals surface area contributed by atoms with Crippen molar-refractivity contribution in [1.29, 1.82) is 0 Å². The van der Waals surface area contributed by atoms with Crippen LogP contribution in [-0.2, 0) is 19.2 Å². The minimum atomic E-state index is -0.529. The zero-order valence-electron chi connectivity index (χ0n) is 16.6. The highest BCUT2D eigenvalue weighted by Gasteiger charge is 2.63. The van der Waals surface area contributed by atoms with Crippen LogP contribution in [0.2, 0.25) is 0 Å². The van der Waals surface area contributed by atoms with Gasteiger partial charge >= 0.3 is 0 Å². The lowest BCUT2D eigenvalue weighted by atomic mass is 9.45. The highest BCUT2D eigenvalue weighted by molar-refractivity contribution is 6.27. The molecule has 7 atom stereocenters. The first-order chi connectivity index (χ1) is 12.8. The number of aldehydes is 1. The summed E-state index contributed by atoms with van der Waals surface area (Å²) in [5.74, 6) is 0.685. The molecule has 4 aliphatic rings. The number of hydrogen-bond donors (Lipinski definition) is 0. The molecular weight excluding hydrogens is 340 g/mol. The number of carbonyl (C=O) groups is 4. The van der Waals surface area contributed by atoms with Gasteiger partial charge in [0.15, 0.2) is 17.9 Å². The van der Waals surface area contributed by atoms with E-state index in [1.165, 1.54) is 0 Å². The van der Waals surface area contributed by atoms with E-state index in [2.05, 4.69) is 20.8 Å². The summed E-state index contributed by atoms with van der Waals surface area (Å²) in [6.45, 7) is 6.39. The quantitative estimate of drug-likeness (QED) is 0.561. The van der Waals surface area contributed by atoms with Gasteiger partial charge in [-0.05, 0) is 62.4 Å². The molecule has 4 rings (SSSR count). The summed E-state index contributed by atoms with van der Waals surface area (Å²) >= 11 is 0. The molecule has 0 aromatic heterocycles. The van der Waals surface area contributed by atoms with Gasteiger partial charge in [-0.2, -0.15) is 0 Å². The number of rotatable bonds is 3. The molecule has 4 nitrogen and oxygen atoms in total. The molecule has 0 radical (unpaired) electrons. The van der Waals surface area contributed by atoms with Gasteiger partial charge in [-0.15, -0.1) is 0 Å². The van der Waals surface area contributed by atoms with Crippen LogP contribution in [0.5, 0.6) is 0 Å². The molecule has 0 heterocycles. The number of Topliss-reactive ketones (excluding diaryl/α,β-unsaturated/α-hetero) is 2. The molecule has 0 aliphatic heterocycles. The molecule has 0 saturated heterocycles. The molecule has 3 fully saturated rings. The van der Waals surface area contributed by atoms with Gasteiger partial charge in [-0.1, -0.05) is 26.3 Å². The van der Waals surface area contributed by atoms with E-state index in [0.717, 1.165) is 44.1 Å². The summed E-state index contributed by atoms with van der Waals surface area (Å²) in [5.41, 5.74) is 0.428. The van der Waals surface area contributed by atoms with Crippen molar-refractivity contribution >= 4 is 23.6 Å². The summed E-state index contributed by atoms with van der Waals surface area (Å²) in [5, 5.41) is 0. The Bertz CT molecular complexity index is 749. The molecule has 0 aromatic carbocycles. The molecule has 146 valence electrons. The second kappa shape index (κ2) is 6.22. The van der Waals surface area contributed by atoms with Crippen LogP contribution in [0, 0.1) is 40.4 Å². The molecule has 0 bridgehead atoms. The SMILES string of the molecule is CCC1C[C@H]2[C@@H]3CCC4=CC(=O)CC(C(=O)C=O)[C@]4(C)[C@@H]3CC[C@]2(C)C1=O. The zero-order valence-corrected chi connectivity index (χ0v) is 16.6. The topological polar surface area (TPSA) is 68.3 Å². The molecule has 3 saturated carbocycles. The minimum absolute atomic E-state index is 0.0242. The maximum absolute atomic E-state index is 13.0. The van der Waals surface area contributed by atoms with Crippen molar-refractivity contribution in [3.05, 3.63) is 11.6 Å². The molecule has 0 spiro atoms. The Morgan fingerprint density at radius 2 is 1.96 bits per heavy atom. The monoisotopic (exact) mass is 370 g/mol. The van der Waals surface area contributed by atoms with E-state index < -0.39 is 17.1 Å². The van der Waals surface area contributed by atoms with Crippen molar-refractivity contribution in [3.8, 4) is 0 Å². The number of fused-ring (bicyclic) bond motifs is 5. The first kappa shape index (κ1) is 18.8. The van der Waals surface area contributed by atoms with E-state index in [9.17, 15) is 19.2 Å². The van der Waals surface area contributed by atoms with Crippen LogP contribution < -0.4 is 0 Å². The normalized spacial score (nSPS) is 46.2. The second-order valence-electron chi connectivity index (χ2n) is 9.77. The van der Waals surface area contributed by atoms with Crippen molar-refractivity contribution in [2.24, 2.45) is 40.4 Å². The van der Waals surface area contributed by atoms with E-state index in [4.69, 9.17) is 0 Å². The smallest absolute Gasteiger partial charge is 0.199 e.